The van der Waals surface area contributed by atoms with Crippen LogP contribution in [0, 0.1) is 17.1 Å². The molecule has 242 valence electrons. The van der Waals surface area contributed by atoms with Crippen LogP contribution in [0.1, 0.15) is 41.4 Å². The van der Waals surface area contributed by atoms with Crippen molar-refractivity contribution in [2.24, 2.45) is 0 Å². The summed E-state index contributed by atoms with van der Waals surface area (Å²) < 4.78 is 69.6. The van der Waals surface area contributed by atoms with Gasteiger partial charge in [-0.3, -0.25) is 14.6 Å². The minimum atomic E-state index is -5.39. The average molecular weight is 650 g/mol. The number of benzene rings is 2. The van der Waals surface area contributed by atoms with E-state index in [0.717, 1.165) is 18.2 Å². The number of pyridine rings is 2. The highest BCUT2D eigenvalue weighted by Gasteiger charge is 2.58. The zero-order chi connectivity index (χ0) is 33.8. The summed E-state index contributed by atoms with van der Waals surface area (Å²) in [6.45, 7) is -0.232. The number of nitrogens with zero attached hydrogens (tertiary/aromatic N) is 3. The monoisotopic (exact) mass is 649 g/mol. The maximum atomic E-state index is 14.9. The molecule has 0 bridgehead atoms. The molecule has 3 N–H and O–H groups in total. The van der Waals surface area contributed by atoms with Crippen LogP contribution in [0.15, 0.2) is 60.8 Å². The number of fused-ring (bicyclic) bond motifs is 2. The van der Waals surface area contributed by atoms with Gasteiger partial charge < -0.3 is 25.2 Å². The maximum Gasteiger partial charge on any atom is 0.424 e. The first kappa shape index (κ1) is 31.7. The Kier molecular flexibility index (Phi) is 7.55. The molecule has 47 heavy (non-hydrogen) atoms. The third kappa shape index (κ3) is 5.46. The molecule has 3 heterocycles. The fraction of sp³-hybridized carbons (Fsp3) is 0.303. The number of rotatable bonds is 8. The lowest BCUT2D eigenvalue weighted by atomic mass is 9.81. The second-order valence-corrected chi connectivity index (χ2v) is 11.8. The van der Waals surface area contributed by atoms with E-state index in [2.05, 4.69) is 20.6 Å². The van der Waals surface area contributed by atoms with Crippen molar-refractivity contribution in [2.75, 3.05) is 20.3 Å². The molecule has 0 radical (unpaired) electrons. The Morgan fingerprint density at radius 3 is 2.51 bits per heavy atom. The van der Waals surface area contributed by atoms with E-state index in [-0.39, 0.29) is 40.5 Å². The lowest BCUT2D eigenvalue weighted by Crippen LogP contribution is -2.52. The van der Waals surface area contributed by atoms with Crippen molar-refractivity contribution >= 4 is 22.7 Å². The Balaban J connectivity index is 1.42. The van der Waals surface area contributed by atoms with Crippen molar-refractivity contribution in [3.8, 4) is 28.8 Å². The van der Waals surface area contributed by atoms with Gasteiger partial charge in [0.25, 0.3) is 5.91 Å². The van der Waals surface area contributed by atoms with E-state index in [1.165, 1.54) is 44.5 Å². The fourth-order valence-corrected chi connectivity index (χ4v) is 5.42. The van der Waals surface area contributed by atoms with E-state index in [0.29, 0.717) is 23.7 Å². The van der Waals surface area contributed by atoms with Crippen LogP contribution in [-0.4, -0.2) is 58.9 Å². The summed E-state index contributed by atoms with van der Waals surface area (Å²) >= 11 is 0. The van der Waals surface area contributed by atoms with Crippen molar-refractivity contribution in [3.63, 3.8) is 0 Å². The van der Waals surface area contributed by atoms with E-state index in [1.807, 2.05) is 6.07 Å². The third-order valence-electron chi connectivity index (χ3n) is 8.56. The Labute approximate surface area is 265 Å². The molecule has 2 amide bonds. The first-order valence-electron chi connectivity index (χ1n) is 14.4. The van der Waals surface area contributed by atoms with E-state index >= 15 is 0 Å². The van der Waals surface area contributed by atoms with Gasteiger partial charge in [0.2, 0.25) is 11.5 Å². The molecule has 2 aromatic heterocycles. The summed E-state index contributed by atoms with van der Waals surface area (Å²) in [6.07, 6.45) is -3.04. The van der Waals surface area contributed by atoms with Gasteiger partial charge in [-0.2, -0.15) is 18.4 Å². The Hall–Kier alpha value is -5.29. The Morgan fingerprint density at radius 1 is 1.15 bits per heavy atom. The summed E-state index contributed by atoms with van der Waals surface area (Å²) in [4.78, 5) is 35.1. The molecular formula is C33H27F4N5O5. The minimum Gasteiger partial charge on any atom is -0.494 e. The Bertz CT molecular complexity index is 1960. The van der Waals surface area contributed by atoms with Crippen molar-refractivity contribution in [3.05, 3.63) is 83.4 Å². The summed E-state index contributed by atoms with van der Waals surface area (Å²) in [5, 5.41) is 26.2. The number of alkyl halides is 3. The number of carbonyl (C=O) groups is 2. The van der Waals surface area contributed by atoms with Gasteiger partial charge in [0, 0.05) is 28.3 Å². The molecule has 1 saturated carbocycles. The molecule has 0 saturated heterocycles. The van der Waals surface area contributed by atoms with Gasteiger partial charge in [0.15, 0.2) is 0 Å². The highest BCUT2D eigenvalue weighted by Crippen LogP contribution is 2.48. The normalized spacial score (nSPS) is 19.1. The molecule has 1 aliphatic carbocycles. The predicted octanol–water partition coefficient (Wildman–Crippen LogP) is 4.45. The Morgan fingerprint density at radius 2 is 1.87 bits per heavy atom. The maximum absolute atomic E-state index is 14.9. The third-order valence-corrected chi connectivity index (χ3v) is 8.56. The van der Waals surface area contributed by atoms with Crippen LogP contribution in [0.4, 0.5) is 17.6 Å². The second-order valence-electron chi connectivity index (χ2n) is 11.8. The predicted molar refractivity (Wildman–Crippen MR) is 159 cm³/mol. The van der Waals surface area contributed by atoms with Crippen LogP contribution < -0.4 is 20.1 Å². The summed E-state index contributed by atoms with van der Waals surface area (Å²) in [5.41, 5.74) is -7.07. The first-order chi connectivity index (χ1) is 22.2. The number of methoxy groups -OCH3 is 1. The number of ether oxygens (including phenoxy) is 2. The number of carbonyl (C=O) groups excluding carboxylic acids is 2. The van der Waals surface area contributed by atoms with Crippen LogP contribution >= 0.6 is 0 Å². The van der Waals surface area contributed by atoms with E-state index < -0.39 is 52.6 Å². The topological polar surface area (TPSA) is 146 Å². The quantitative estimate of drug-likeness (QED) is 0.238. The number of nitriles is 1. The minimum absolute atomic E-state index is 0.0335. The van der Waals surface area contributed by atoms with E-state index in [1.54, 1.807) is 12.1 Å². The van der Waals surface area contributed by atoms with Crippen molar-refractivity contribution < 1.29 is 41.7 Å². The van der Waals surface area contributed by atoms with Gasteiger partial charge in [0.1, 0.15) is 46.1 Å². The largest absolute Gasteiger partial charge is 0.494 e. The van der Waals surface area contributed by atoms with Crippen LogP contribution in [0.25, 0.3) is 22.2 Å². The summed E-state index contributed by atoms with van der Waals surface area (Å²) in [7, 11) is 1.36. The van der Waals surface area contributed by atoms with Crippen LogP contribution in [0.2, 0.25) is 0 Å². The SMILES string of the molecule is COc1cc(C(=O)NCC(O)(c2cc3c(c(-c4ccc(F)cc4)n2)OC[C@]3(C)C(=O)NC2(C#N)CC2)C(F)(F)F)cc2cccnc12. The van der Waals surface area contributed by atoms with Crippen molar-refractivity contribution in [1.82, 2.24) is 20.6 Å². The van der Waals surface area contributed by atoms with E-state index in [9.17, 15) is 37.5 Å². The molecule has 1 unspecified atom stereocenters. The lowest BCUT2D eigenvalue weighted by molar-refractivity contribution is -0.265. The number of halogens is 4. The fourth-order valence-electron chi connectivity index (χ4n) is 5.42. The van der Waals surface area contributed by atoms with Gasteiger partial charge in [-0.05, 0) is 68.3 Å². The molecule has 0 spiro atoms. The summed E-state index contributed by atoms with van der Waals surface area (Å²) in [6, 6.07) is 13.6. The number of nitrogens with one attached hydrogen (secondary N) is 2. The highest BCUT2D eigenvalue weighted by molar-refractivity contribution is 6.00. The highest BCUT2D eigenvalue weighted by atomic mass is 19.4. The molecule has 2 atom stereocenters. The molecule has 10 nitrogen and oxygen atoms in total. The number of amides is 2. The number of hydrogen-bond donors (Lipinski definition) is 3. The van der Waals surface area contributed by atoms with Gasteiger partial charge in [-0.1, -0.05) is 6.07 Å². The molecule has 1 aliphatic heterocycles. The zero-order valence-electron chi connectivity index (χ0n) is 25.0. The molecule has 1 fully saturated rings. The first-order valence-corrected chi connectivity index (χ1v) is 14.4. The molecular weight excluding hydrogens is 622 g/mol. The van der Waals surface area contributed by atoms with Crippen molar-refractivity contribution in [1.29, 1.82) is 5.26 Å². The molecule has 6 rings (SSSR count). The zero-order valence-corrected chi connectivity index (χ0v) is 25.0. The standard InChI is InChI=1S/C33H27F4N5O5/c1-30(29(44)42-31(15-38)9-10-31)17-47-27-22(30)14-24(41-26(27)18-5-7-21(34)8-6-18)32(45,33(35,36)37)16-40-28(43)20-12-19-4-3-11-39-25(19)23(13-20)46-2/h3-8,11-14,45H,9-10,16-17H2,1-2H3,(H,40,43)(H,42,44)/t30-,32?/m0/s1. The van der Waals surface area contributed by atoms with E-state index in [4.69, 9.17) is 9.47 Å². The van der Waals surface area contributed by atoms with Crippen LogP contribution in [-0.2, 0) is 15.8 Å². The van der Waals surface area contributed by atoms with Gasteiger partial charge >= 0.3 is 6.18 Å². The number of aliphatic hydroxyl groups is 1. The summed E-state index contributed by atoms with van der Waals surface area (Å²) in [5.74, 6) is -2.05. The average Bonchev–Trinajstić information content (AvgIpc) is 3.75. The molecule has 2 aromatic carbocycles. The van der Waals surface area contributed by atoms with Crippen LogP contribution in [0.3, 0.4) is 0 Å². The molecule has 14 heteroatoms. The van der Waals surface area contributed by atoms with Crippen molar-refractivity contribution in [2.45, 2.75) is 42.5 Å². The molecule has 4 aromatic rings. The lowest BCUT2D eigenvalue weighted by Gasteiger charge is -2.32. The van der Waals surface area contributed by atoms with Gasteiger partial charge in [0.05, 0.1) is 25.4 Å². The van der Waals surface area contributed by atoms with Gasteiger partial charge in [-0.15, -0.1) is 0 Å². The van der Waals surface area contributed by atoms with Crippen LogP contribution in [0.5, 0.6) is 11.5 Å². The number of hydrogen-bond acceptors (Lipinski definition) is 8. The second kappa shape index (κ2) is 11.2. The van der Waals surface area contributed by atoms with Gasteiger partial charge in [-0.25, -0.2) is 9.37 Å². The smallest absolute Gasteiger partial charge is 0.424 e. The number of aromatic nitrogens is 2. The molecule has 2 aliphatic rings.